The summed E-state index contributed by atoms with van der Waals surface area (Å²) in [5.74, 6) is 0.466. The molecule has 2 amide bonds. The van der Waals surface area contributed by atoms with Crippen LogP contribution < -0.4 is 15.4 Å². The molecule has 5 nitrogen and oxygen atoms in total. The molecule has 0 bridgehead atoms. The van der Waals surface area contributed by atoms with Crippen molar-refractivity contribution < 1.29 is 14.3 Å². The summed E-state index contributed by atoms with van der Waals surface area (Å²) < 4.78 is 5.75. The summed E-state index contributed by atoms with van der Waals surface area (Å²) in [5.41, 5.74) is 0.803. The number of methoxy groups -OCH3 is 1. The predicted octanol–water partition coefficient (Wildman–Crippen LogP) is 1.80. The SMILES string of the molecule is COc1ccc(C(NC(=O)CI)NC(=O)CI)cc1. The molecular weight excluding hydrogens is 474 g/mol. The number of nitrogens with one attached hydrogen (secondary N) is 2. The largest absolute Gasteiger partial charge is 0.497 e. The molecule has 1 aromatic rings. The smallest absolute Gasteiger partial charge is 0.231 e. The zero-order valence-corrected chi connectivity index (χ0v) is 14.6. The lowest BCUT2D eigenvalue weighted by molar-refractivity contribution is -0.121. The number of hydrogen-bond donors (Lipinski definition) is 2. The highest BCUT2D eigenvalue weighted by molar-refractivity contribution is 14.1. The molecule has 0 aliphatic heterocycles. The third-order valence-corrected chi connectivity index (χ3v) is 3.69. The molecule has 1 rings (SSSR count). The van der Waals surface area contributed by atoms with Crippen LogP contribution in [0.4, 0.5) is 0 Å². The van der Waals surface area contributed by atoms with Gasteiger partial charge in [-0.3, -0.25) is 9.59 Å². The lowest BCUT2D eigenvalue weighted by Crippen LogP contribution is -2.41. The van der Waals surface area contributed by atoms with Crippen molar-refractivity contribution in [3.8, 4) is 5.75 Å². The molecule has 104 valence electrons. The number of ether oxygens (including phenoxy) is 1. The Labute approximate surface area is 139 Å². The third kappa shape index (κ3) is 5.51. The van der Waals surface area contributed by atoms with E-state index in [-0.39, 0.29) is 11.8 Å². The Morgan fingerprint density at radius 1 is 1.11 bits per heavy atom. The molecule has 0 spiro atoms. The van der Waals surface area contributed by atoms with E-state index < -0.39 is 6.17 Å². The molecule has 19 heavy (non-hydrogen) atoms. The van der Waals surface area contributed by atoms with Crippen LogP contribution in [-0.4, -0.2) is 27.8 Å². The normalized spacial score (nSPS) is 10.1. The van der Waals surface area contributed by atoms with Crippen molar-refractivity contribution in [3.63, 3.8) is 0 Å². The van der Waals surface area contributed by atoms with Crippen LogP contribution in [0.3, 0.4) is 0 Å². The van der Waals surface area contributed by atoms with Crippen LogP contribution in [0.25, 0.3) is 0 Å². The van der Waals surface area contributed by atoms with Crippen LogP contribution in [0.2, 0.25) is 0 Å². The van der Waals surface area contributed by atoms with Crippen molar-refractivity contribution in [3.05, 3.63) is 29.8 Å². The van der Waals surface area contributed by atoms with Gasteiger partial charge in [0, 0.05) is 0 Å². The van der Waals surface area contributed by atoms with Crippen LogP contribution in [0.1, 0.15) is 11.7 Å². The average Bonchev–Trinajstić information content (AvgIpc) is 2.46. The Balaban J connectivity index is 2.86. The minimum Gasteiger partial charge on any atom is -0.497 e. The summed E-state index contributed by atoms with van der Waals surface area (Å²) in [7, 11) is 1.59. The van der Waals surface area contributed by atoms with Crippen LogP contribution in [0, 0.1) is 0 Å². The summed E-state index contributed by atoms with van der Waals surface area (Å²) in [4.78, 5) is 23.0. The first kappa shape index (κ1) is 16.5. The predicted molar refractivity (Wildman–Crippen MR) is 89.8 cm³/mol. The standard InChI is InChI=1S/C12H14I2N2O3/c1-19-9-4-2-8(3-5-9)12(15-10(17)6-13)16-11(18)7-14/h2-5,12H,6-7H2,1H3,(H,15,17)(H,16,18). The molecule has 0 fully saturated rings. The molecule has 0 saturated carbocycles. The van der Waals surface area contributed by atoms with Gasteiger partial charge in [-0.15, -0.1) is 0 Å². The van der Waals surface area contributed by atoms with Gasteiger partial charge in [0.05, 0.1) is 16.0 Å². The monoisotopic (exact) mass is 488 g/mol. The second-order valence-corrected chi connectivity index (χ2v) is 5.13. The van der Waals surface area contributed by atoms with Crippen LogP contribution in [-0.2, 0) is 9.59 Å². The van der Waals surface area contributed by atoms with Gasteiger partial charge >= 0.3 is 0 Å². The molecule has 0 aliphatic rings. The van der Waals surface area contributed by atoms with Crippen LogP contribution in [0.5, 0.6) is 5.75 Å². The molecule has 2 N–H and O–H groups in total. The van der Waals surface area contributed by atoms with Gasteiger partial charge in [0.2, 0.25) is 11.8 Å². The fourth-order valence-electron chi connectivity index (χ4n) is 1.40. The second kappa shape index (κ2) is 8.56. The van der Waals surface area contributed by atoms with Gasteiger partial charge in [-0.25, -0.2) is 0 Å². The summed E-state index contributed by atoms with van der Waals surface area (Å²) in [6.07, 6.45) is -0.518. The molecular formula is C12H14I2N2O3. The Hall–Kier alpha value is -0.580. The van der Waals surface area contributed by atoms with Crippen molar-refractivity contribution in [2.24, 2.45) is 0 Å². The number of benzene rings is 1. The average molecular weight is 488 g/mol. The summed E-state index contributed by atoms with van der Waals surface area (Å²) in [6.45, 7) is 0. The maximum atomic E-state index is 11.5. The van der Waals surface area contributed by atoms with E-state index >= 15 is 0 Å². The Bertz CT molecular complexity index is 419. The highest BCUT2D eigenvalue weighted by atomic mass is 127. The zero-order chi connectivity index (χ0) is 14.3. The minimum atomic E-state index is -0.518. The number of carbonyl (C=O) groups excluding carboxylic acids is 2. The molecule has 0 radical (unpaired) electrons. The summed E-state index contributed by atoms with van der Waals surface area (Å²) in [6, 6.07) is 7.19. The first-order valence-corrected chi connectivity index (χ1v) is 8.50. The number of hydrogen-bond acceptors (Lipinski definition) is 3. The number of carbonyl (C=O) groups is 2. The number of rotatable bonds is 6. The van der Waals surface area contributed by atoms with Crippen molar-refractivity contribution >= 4 is 57.0 Å². The van der Waals surface area contributed by atoms with Crippen molar-refractivity contribution in [1.29, 1.82) is 0 Å². The molecule has 0 saturated heterocycles. The van der Waals surface area contributed by atoms with Gasteiger partial charge in [0.25, 0.3) is 0 Å². The number of halogens is 2. The first-order valence-electron chi connectivity index (χ1n) is 5.45. The lowest BCUT2D eigenvalue weighted by atomic mass is 10.1. The molecule has 7 heteroatoms. The fraction of sp³-hybridized carbons (Fsp3) is 0.333. The van der Waals surface area contributed by atoms with Gasteiger partial charge in [-0.05, 0) is 17.7 Å². The minimum absolute atomic E-state index is 0.129. The highest BCUT2D eigenvalue weighted by Crippen LogP contribution is 2.16. The molecule has 0 aliphatic carbocycles. The molecule has 1 aromatic carbocycles. The molecule has 0 unspecified atom stereocenters. The number of alkyl halides is 2. The van der Waals surface area contributed by atoms with E-state index in [1.54, 1.807) is 19.2 Å². The quantitative estimate of drug-likeness (QED) is 0.365. The maximum Gasteiger partial charge on any atom is 0.231 e. The zero-order valence-electron chi connectivity index (χ0n) is 10.3. The van der Waals surface area contributed by atoms with E-state index in [0.29, 0.717) is 8.86 Å². The topological polar surface area (TPSA) is 67.4 Å². The van der Waals surface area contributed by atoms with Crippen molar-refractivity contribution in [1.82, 2.24) is 10.6 Å². The Morgan fingerprint density at radius 3 is 1.95 bits per heavy atom. The molecule has 0 heterocycles. The third-order valence-electron chi connectivity index (χ3n) is 2.30. The highest BCUT2D eigenvalue weighted by Gasteiger charge is 2.16. The van der Waals surface area contributed by atoms with E-state index in [0.717, 1.165) is 11.3 Å². The lowest BCUT2D eigenvalue weighted by Gasteiger charge is -2.20. The Kier molecular flexibility index (Phi) is 7.42. The summed E-state index contributed by atoms with van der Waals surface area (Å²) >= 11 is 3.95. The maximum absolute atomic E-state index is 11.5. The van der Waals surface area contributed by atoms with E-state index in [4.69, 9.17) is 4.74 Å². The van der Waals surface area contributed by atoms with E-state index in [1.165, 1.54) is 0 Å². The second-order valence-electron chi connectivity index (χ2n) is 3.61. The van der Waals surface area contributed by atoms with Gasteiger partial charge in [0.15, 0.2) is 0 Å². The van der Waals surface area contributed by atoms with E-state index in [2.05, 4.69) is 10.6 Å². The van der Waals surface area contributed by atoms with Crippen LogP contribution >= 0.6 is 45.2 Å². The number of amides is 2. The summed E-state index contributed by atoms with van der Waals surface area (Å²) in [5, 5.41) is 5.53. The van der Waals surface area contributed by atoms with Gasteiger partial charge < -0.3 is 15.4 Å². The van der Waals surface area contributed by atoms with Crippen molar-refractivity contribution in [2.75, 3.05) is 16.0 Å². The van der Waals surface area contributed by atoms with Gasteiger partial charge in [-0.1, -0.05) is 57.3 Å². The van der Waals surface area contributed by atoms with Crippen molar-refractivity contribution in [2.45, 2.75) is 6.17 Å². The molecule has 0 aromatic heterocycles. The Morgan fingerprint density at radius 2 is 1.58 bits per heavy atom. The van der Waals surface area contributed by atoms with Gasteiger partial charge in [-0.2, -0.15) is 0 Å². The molecule has 0 atom stereocenters. The fourth-order valence-corrected chi connectivity index (χ4v) is 1.84. The first-order chi connectivity index (χ1) is 9.10. The van der Waals surface area contributed by atoms with Gasteiger partial charge in [0.1, 0.15) is 11.9 Å². The van der Waals surface area contributed by atoms with Crippen LogP contribution in [0.15, 0.2) is 24.3 Å². The van der Waals surface area contributed by atoms with E-state index in [9.17, 15) is 9.59 Å². The van der Waals surface area contributed by atoms with E-state index in [1.807, 2.05) is 57.3 Å².